The van der Waals surface area contributed by atoms with Crippen molar-refractivity contribution in [1.82, 2.24) is 9.80 Å². The molecule has 0 spiro atoms. The van der Waals surface area contributed by atoms with Crippen LogP contribution in [0, 0.1) is 5.41 Å². The molecule has 1 heterocycles. The van der Waals surface area contributed by atoms with Crippen molar-refractivity contribution in [1.29, 1.82) is 0 Å². The minimum atomic E-state index is -0.860. The average molecular weight is 395 g/mol. The van der Waals surface area contributed by atoms with Gasteiger partial charge in [-0.15, -0.1) is 0 Å². The van der Waals surface area contributed by atoms with Crippen molar-refractivity contribution >= 4 is 11.9 Å². The third-order valence-electron chi connectivity index (χ3n) is 5.52. The van der Waals surface area contributed by atoms with Crippen LogP contribution >= 0.6 is 0 Å². The number of carbonyl (C=O) groups excluding carboxylic acids is 1. The number of hydrogen-bond donors (Lipinski definition) is 1. The van der Waals surface area contributed by atoms with Crippen molar-refractivity contribution in [2.75, 3.05) is 26.2 Å². The molecule has 29 heavy (non-hydrogen) atoms. The topological polar surface area (TPSA) is 60.9 Å². The van der Waals surface area contributed by atoms with Gasteiger partial charge in [-0.3, -0.25) is 14.5 Å². The molecule has 0 radical (unpaired) electrons. The summed E-state index contributed by atoms with van der Waals surface area (Å²) in [7, 11) is 0. The Morgan fingerprint density at radius 3 is 1.79 bits per heavy atom. The van der Waals surface area contributed by atoms with E-state index < -0.39 is 11.4 Å². The molecule has 0 unspecified atom stereocenters. The van der Waals surface area contributed by atoms with Crippen LogP contribution in [0.5, 0.6) is 0 Å². The highest BCUT2D eigenvalue weighted by Crippen LogP contribution is 2.30. The summed E-state index contributed by atoms with van der Waals surface area (Å²) in [5, 5.41) is 9.05. The highest BCUT2D eigenvalue weighted by molar-refractivity contribution is 5.78. The van der Waals surface area contributed by atoms with E-state index >= 15 is 0 Å². The van der Waals surface area contributed by atoms with Crippen molar-refractivity contribution in [2.45, 2.75) is 32.7 Å². The van der Waals surface area contributed by atoms with Gasteiger partial charge in [-0.05, 0) is 16.5 Å². The number of amides is 1. The highest BCUT2D eigenvalue weighted by Gasteiger charge is 2.31. The lowest BCUT2D eigenvalue weighted by molar-refractivity contribution is -0.141. The first kappa shape index (κ1) is 21.1. The van der Waals surface area contributed by atoms with Crippen LogP contribution in [0.3, 0.4) is 0 Å². The zero-order valence-electron chi connectivity index (χ0n) is 17.3. The summed E-state index contributed by atoms with van der Waals surface area (Å²) in [4.78, 5) is 28.1. The molecule has 1 aliphatic heterocycles. The van der Waals surface area contributed by atoms with Gasteiger partial charge in [-0.2, -0.15) is 0 Å². The number of benzene rings is 2. The van der Waals surface area contributed by atoms with E-state index in [1.165, 1.54) is 11.1 Å². The fourth-order valence-corrected chi connectivity index (χ4v) is 4.11. The lowest BCUT2D eigenvalue weighted by Crippen LogP contribution is -2.50. The third kappa shape index (κ3) is 5.67. The molecule has 154 valence electrons. The predicted molar refractivity (Wildman–Crippen MR) is 114 cm³/mol. The lowest BCUT2D eigenvalue weighted by Gasteiger charge is -2.40. The van der Waals surface area contributed by atoms with Gasteiger partial charge in [0.1, 0.15) is 0 Å². The summed E-state index contributed by atoms with van der Waals surface area (Å²) < 4.78 is 0. The molecule has 0 bridgehead atoms. The van der Waals surface area contributed by atoms with E-state index in [0.29, 0.717) is 13.1 Å². The van der Waals surface area contributed by atoms with Crippen LogP contribution in [0.1, 0.15) is 43.9 Å². The third-order valence-corrected chi connectivity index (χ3v) is 5.52. The van der Waals surface area contributed by atoms with E-state index in [1.807, 2.05) is 30.9 Å². The zero-order chi connectivity index (χ0) is 20.9. The summed E-state index contributed by atoms with van der Waals surface area (Å²) in [5.41, 5.74) is 1.97. The van der Waals surface area contributed by atoms with Gasteiger partial charge in [0.05, 0.1) is 12.5 Å². The molecule has 0 aromatic heterocycles. The summed E-state index contributed by atoms with van der Waals surface area (Å²) in [6.07, 6.45) is 0.267. The van der Waals surface area contributed by atoms with Crippen LogP contribution < -0.4 is 0 Å². The maximum Gasteiger partial charge on any atom is 0.303 e. The standard InChI is InChI=1S/C24H30N2O3/c1-24(2,18-22(28)29)17-21(27)25-13-15-26(16-14-25)23(19-9-5-3-6-10-19)20-11-7-4-8-12-20/h3-12,23H,13-18H2,1-2H3,(H,28,29). The highest BCUT2D eigenvalue weighted by atomic mass is 16.4. The van der Waals surface area contributed by atoms with Crippen LogP contribution in [-0.4, -0.2) is 53.0 Å². The van der Waals surface area contributed by atoms with Crippen LogP contribution in [-0.2, 0) is 9.59 Å². The average Bonchev–Trinajstić information content (AvgIpc) is 2.69. The molecule has 1 N–H and O–H groups in total. The summed E-state index contributed by atoms with van der Waals surface area (Å²) in [6, 6.07) is 21.1. The molecule has 2 aromatic carbocycles. The number of rotatable bonds is 7. The second-order valence-corrected chi connectivity index (χ2v) is 8.55. The fraction of sp³-hybridized carbons (Fsp3) is 0.417. The molecule has 2 aromatic rings. The van der Waals surface area contributed by atoms with E-state index in [1.54, 1.807) is 0 Å². The Kier molecular flexibility index (Phi) is 6.70. The van der Waals surface area contributed by atoms with Gasteiger partial charge in [0.2, 0.25) is 5.91 Å². The Bertz CT molecular complexity index is 773. The van der Waals surface area contributed by atoms with E-state index in [-0.39, 0.29) is 24.8 Å². The van der Waals surface area contributed by atoms with Gasteiger partial charge in [0.25, 0.3) is 0 Å². The van der Waals surface area contributed by atoms with Crippen molar-refractivity contribution in [3.63, 3.8) is 0 Å². The number of hydrogen-bond acceptors (Lipinski definition) is 3. The van der Waals surface area contributed by atoms with Crippen molar-refractivity contribution in [2.24, 2.45) is 5.41 Å². The van der Waals surface area contributed by atoms with Crippen molar-refractivity contribution in [3.8, 4) is 0 Å². The molecule has 1 saturated heterocycles. The summed E-state index contributed by atoms with van der Waals surface area (Å²) >= 11 is 0. The number of piperazine rings is 1. The van der Waals surface area contributed by atoms with Crippen LogP contribution in [0.15, 0.2) is 60.7 Å². The van der Waals surface area contributed by atoms with Crippen molar-refractivity contribution in [3.05, 3.63) is 71.8 Å². The second kappa shape index (κ2) is 9.23. The molecule has 3 rings (SSSR count). The molecular weight excluding hydrogens is 364 g/mol. The van der Waals surface area contributed by atoms with Crippen LogP contribution in [0.25, 0.3) is 0 Å². The molecule has 0 aliphatic carbocycles. The first-order valence-electron chi connectivity index (χ1n) is 10.2. The Balaban J connectivity index is 1.68. The Labute approximate surface area is 172 Å². The molecule has 5 heteroatoms. The quantitative estimate of drug-likeness (QED) is 0.776. The maximum absolute atomic E-state index is 12.7. The molecular formula is C24H30N2O3. The Hall–Kier alpha value is -2.66. The molecule has 0 atom stereocenters. The van der Waals surface area contributed by atoms with E-state index in [0.717, 1.165) is 13.1 Å². The summed E-state index contributed by atoms with van der Waals surface area (Å²) in [6.45, 7) is 6.60. The number of nitrogens with zero attached hydrogens (tertiary/aromatic N) is 2. The fourth-order valence-electron chi connectivity index (χ4n) is 4.11. The van der Waals surface area contributed by atoms with Gasteiger partial charge < -0.3 is 10.0 Å². The minimum Gasteiger partial charge on any atom is -0.481 e. The Morgan fingerprint density at radius 2 is 1.34 bits per heavy atom. The maximum atomic E-state index is 12.7. The van der Waals surface area contributed by atoms with Gasteiger partial charge >= 0.3 is 5.97 Å². The zero-order valence-corrected chi connectivity index (χ0v) is 17.3. The van der Waals surface area contributed by atoms with Crippen molar-refractivity contribution < 1.29 is 14.7 Å². The molecule has 5 nitrogen and oxygen atoms in total. The molecule has 1 aliphatic rings. The van der Waals surface area contributed by atoms with E-state index in [9.17, 15) is 9.59 Å². The number of carbonyl (C=O) groups is 2. The SMILES string of the molecule is CC(C)(CC(=O)O)CC(=O)N1CCN(C(c2ccccc2)c2ccccc2)CC1. The predicted octanol–water partition coefficient (Wildman–Crippen LogP) is 3.81. The van der Waals surface area contributed by atoms with Gasteiger partial charge in [0, 0.05) is 32.6 Å². The number of carboxylic acids is 1. The van der Waals surface area contributed by atoms with Gasteiger partial charge in [0.15, 0.2) is 0 Å². The first-order valence-corrected chi connectivity index (χ1v) is 10.2. The normalized spacial score (nSPS) is 15.5. The molecule has 1 amide bonds. The molecule has 1 fully saturated rings. The Morgan fingerprint density at radius 1 is 0.862 bits per heavy atom. The smallest absolute Gasteiger partial charge is 0.303 e. The largest absolute Gasteiger partial charge is 0.481 e. The monoisotopic (exact) mass is 394 g/mol. The van der Waals surface area contributed by atoms with Crippen LogP contribution in [0.2, 0.25) is 0 Å². The minimum absolute atomic E-state index is 0.00277. The van der Waals surface area contributed by atoms with E-state index in [2.05, 4.69) is 53.4 Å². The first-order chi connectivity index (χ1) is 13.9. The summed E-state index contributed by atoms with van der Waals surface area (Å²) in [5.74, 6) is -0.812. The van der Waals surface area contributed by atoms with E-state index in [4.69, 9.17) is 5.11 Å². The van der Waals surface area contributed by atoms with Gasteiger partial charge in [-0.1, -0.05) is 74.5 Å². The number of carboxylic acid groups (broad SMARTS) is 1. The second-order valence-electron chi connectivity index (χ2n) is 8.55. The lowest BCUT2D eigenvalue weighted by atomic mass is 9.85. The van der Waals surface area contributed by atoms with Gasteiger partial charge in [-0.25, -0.2) is 0 Å². The number of aliphatic carboxylic acids is 1. The van der Waals surface area contributed by atoms with Crippen LogP contribution in [0.4, 0.5) is 0 Å². The molecule has 0 saturated carbocycles.